The summed E-state index contributed by atoms with van der Waals surface area (Å²) < 4.78 is 5.31. The first kappa shape index (κ1) is 10.9. The van der Waals surface area contributed by atoms with Crippen molar-refractivity contribution in [3.63, 3.8) is 0 Å². The quantitative estimate of drug-likeness (QED) is 0.631. The van der Waals surface area contributed by atoms with Crippen LogP contribution in [0.25, 0.3) is 0 Å². The Morgan fingerprint density at radius 1 is 1.00 bits per heavy atom. The van der Waals surface area contributed by atoms with Gasteiger partial charge in [-0.3, -0.25) is 0 Å². The molecule has 0 aromatic heterocycles. The van der Waals surface area contributed by atoms with Crippen LogP contribution < -0.4 is 5.48 Å². The van der Waals surface area contributed by atoms with Crippen LogP contribution in [-0.2, 0) is 9.57 Å². The maximum absolute atomic E-state index is 5.31. The van der Waals surface area contributed by atoms with Crippen molar-refractivity contribution in [1.82, 2.24) is 5.48 Å². The largest absolute Gasteiger partial charge is 0.377 e. The zero-order valence-corrected chi connectivity index (χ0v) is 8.32. The van der Waals surface area contributed by atoms with E-state index in [0.717, 1.165) is 0 Å². The van der Waals surface area contributed by atoms with E-state index in [-0.39, 0.29) is 11.1 Å². The van der Waals surface area contributed by atoms with E-state index in [4.69, 9.17) is 9.57 Å². The molecule has 0 aliphatic heterocycles. The van der Waals surface area contributed by atoms with Crippen molar-refractivity contribution in [2.24, 2.45) is 0 Å². The van der Waals surface area contributed by atoms with Gasteiger partial charge in [-0.25, -0.2) is 0 Å². The van der Waals surface area contributed by atoms with E-state index < -0.39 is 0 Å². The lowest BCUT2D eigenvalue weighted by Crippen LogP contribution is -2.56. The van der Waals surface area contributed by atoms with E-state index in [1.807, 2.05) is 27.7 Å². The Morgan fingerprint density at radius 3 is 1.73 bits per heavy atom. The number of nitrogens with one attached hydrogen (secondary N) is 1. The summed E-state index contributed by atoms with van der Waals surface area (Å²) in [5.74, 6) is 0. The summed E-state index contributed by atoms with van der Waals surface area (Å²) in [6.45, 7) is 8.08. The molecule has 0 heterocycles. The molecule has 68 valence electrons. The van der Waals surface area contributed by atoms with Crippen molar-refractivity contribution >= 4 is 0 Å². The smallest absolute Gasteiger partial charge is 0.0820 e. The van der Waals surface area contributed by atoms with Crippen LogP contribution in [0.1, 0.15) is 27.7 Å². The van der Waals surface area contributed by atoms with Crippen LogP contribution in [0.3, 0.4) is 0 Å². The van der Waals surface area contributed by atoms with E-state index >= 15 is 0 Å². The van der Waals surface area contributed by atoms with Gasteiger partial charge in [0.1, 0.15) is 0 Å². The lowest BCUT2D eigenvalue weighted by atomic mass is 9.87. The first-order valence-electron chi connectivity index (χ1n) is 3.72. The van der Waals surface area contributed by atoms with Gasteiger partial charge in [0, 0.05) is 7.11 Å². The highest BCUT2D eigenvalue weighted by Crippen LogP contribution is 2.23. The van der Waals surface area contributed by atoms with Crippen LogP contribution in [0.2, 0.25) is 0 Å². The molecule has 0 aliphatic carbocycles. The second-order valence-electron chi connectivity index (χ2n) is 3.65. The molecule has 0 aromatic rings. The first-order valence-corrected chi connectivity index (χ1v) is 3.72. The minimum atomic E-state index is -0.247. The van der Waals surface area contributed by atoms with E-state index in [1.54, 1.807) is 14.2 Å². The molecule has 0 saturated carbocycles. The molecule has 3 heteroatoms. The van der Waals surface area contributed by atoms with Gasteiger partial charge in [-0.05, 0) is 27.7 Å². The number of methoxy groups -OCH3 is 1. The Hall–Kier alpha value is -0.120. The van der Waals surface area contributed by atoms with Crippen molar-refractivity contribution in [1.29, 1.82) is 0 Å². The van der Waals surface area contributed by atoms with Crippen molar-refractivity contribution in [3.05, 3.63) is 0 Å². The molecule has 0 amide bonds. The Kier molecular flexibility index (Phi) is 3.48. The molecule has 0 rings (SSSR count). The highest BCUT2D eigenvalue weighted by molar-refractivity contribution is 4.92. The van der Waals surface area contributed by atoms with Crippen LogP contribution in [0.15, 0.2) is 0 Å². The molecule has 1 N–H and O–H groups in total. The van der Waals surface area contributed by atoms with E-state index in [1.165, 1.54) is 0 Å². The van der Waals surface area contributed by atoms with Gasteiger partial charge in [0.2, 0.25) is 0 Å². The molecular formula is C8H19NO2. The van der Waals surface area contributed by atoms with Gasteiger partial charge in [0.15, 0.2) is 0 Å². The molecule has 0 spiro atoms. The second kappa shape index (κ2) is 3.52. The van der Waals surface area contributed by atoms with E-state index in [0.29, 0.717) is 0 Å². The molecule has 0 bridgehead atoms. The number of rotatable bonds is 4. The number of ether oxygens (including phenoxy) is 1. The van der Waals surface area contributed by atoms with Crippen LogP contribution in [-0.4, -0.2) is 25.4 Å². The van der Waals surface area contributed by atoms with Crippen LogP contribution in [0, 0.1) is 0 Å². The van der Waals surface area contributed by atoms with Gasteiger partial charge < -0.3 is 9.57 Å². The minimum absolute atomic E-state index is 0.198. The zero-order valence-electron chi connectivity index (χ0n) is 8.32. The first-order chi connectivity index (χ1) is 4.87. The topological polar surface area (TPSA) is 30.5 Å². The highest BCUT2D eigenvalue weighted by Gasteiger charge is 2.37. The van der Waals surface area contributed by atoms with Gasteiger partial charge in [0.05, 0.1) is 18.2 Å². The maximum atomic E-state index is 5.31. The summed E-state index contributed by atoms with van der Waals surface area (Å²) in [6.07, 6.45) is 0. The van der Waals surface area contributed by atoms with Crippen molar-refractivity contribution in [2.45, 2.75) is 38.8 Å². The Balaban J connectivity index is 4.26. The van der Waals surface area contributed by atoms with Crippen LogP contribution in [0.4, 0.5) is 0 Å². The fourth-order valence-corrected chi connectivity index (χ4v) is 0.633. The summed E-state index contributed by atoms with van der Waals surface area (Å²) in [4.78, 5) is 4.86. The summed E-state index contributed by atoms with van der Waals surface area (Å²) in [7, 11) is 3.30. The molecule has 0 aromatic carbocycles. The monoisotopic (exact) mass is 161 g/mol. The molecule has 0 unspecified atom stereocenters. The summed E-state index contributed by atoms with van der Waals surface area (Å²) >= 11 is 0. The highest BCUT2D eigenvalue weighted by atomic mass is 16.6. The Labute approximate surface area is 69.0 Å². The number of hydroxylamine groups is 1. The summed E-state index contributed by atoms with van der Waals surface area (Å²) in [6, 6.07) is 0. The average molecular weight is 161 g/mol. The van der Waals surface area contributed by atoms with Gasteiger partial charge >= 0.3 is 0 Å². The fourth-order valence-electron chi connectivity index (χ4n) is 0.633. The minimum Gasteiger partial charge on any atom is -0.377 e. The van der Waals surface area contributed by atoms with Crippen LogP contribution >= 0.6 is 0 Å². The van der Waals surface area contributed by atoms with E-state index in [9.17, 15) is 0 Å². The molecule has 0 radical (unpaired) electrons. The Bertz CT molecular complexity index is 121. The lowest BCUT2D eigenvalue weighted by molar-refractivity contribution is -0.102. The molecule has 0 fully saturated rings. The molecule has 3 nitrogen and oxygen atoms in total. The third-order valence-corrected chi connectivity index (χ3v) is 2.37. The van der Waals surface area contributed by atoms with E-state index in [2.05, 4.69) is 5.48 Å². The molecule has 0 aliphatic rings. The third kappa shape index (κ3) is 2.43. The van der Waals surface area contributed by atoms with Crippen molar-refractivity contribution < 1.29 is 9.57 Å². The van der Waals surface area contributed by atoms with Gasteiger partial charge in [-0.2, -0.15) is 5.48 Å². The average Bonchev–Trinajstić information content (AvgIpc) is 1.87. The SMILES string of the molecule is CONC(C)(C)C(C)(C)OC. The van der Waals surface area contributed by atoms with Gasteiger partial charge in [-0.15, -0.1) is 0 Å². The Morgan fingerprint density at radius 2 is 1.45 bits per heavy atom. The van der Waals surface area contributed by atoms with Crippen LogP contribution in [0.5, 0.6) is 0 Å². The summed E-state index contributed by atoms with van der Waals surface area (Å²) in [5.41, 5.74) is 2.44. The lowest BCUT2D eigenvalue weighted by Gasteiger charge is -2.39. The fraction of sp³-hybridized carbons (Fsp3) is 1.00. The predicted molar refractivity (Wildman–Crippen MR) is 45.3 cm³/mol. The van der Waals surface area contributed by atoms with Crippen molar-refractivity contribution in [3.8, 4) is 0 Å². The second-order valence-corrected chi connectivity index (χ2v) is 3.65. The normalized spacial score (nSPS) is 13.6. The number of hydrogen-bond acceptors (Lipinski definition) is 3. The number of hydrogen-bond donors (Lipinski definition) is 1. The van der Waals surface area contributed by atoms with Crippen molar-refractivity contribution in [2.75, 3.05) is 14.2 Å². The molecule has 0 atom stereocenters. The summed E-state index contributed by atoms with van der Waals surface area (Å²) in [5, 5.41) is 0. The molecular weight excluding hydrogens is 142 g/mol. The standard InChI is InChI=1S/C8H19NO2/c1-7(2,9-11-6)8(3,4)10-5/h9H,1-6H3. The van der Waals surface area contributed by atoms with Gasteiger partial charge in [-0.1, -0.05) is 0 Å². The predicted octanol–water partition coefficient (Wildman–Crippen LogP) is 1.34. The molecule has 0 saturated heterocycles. The zero-order chi connectivity index (χ0) is 9.12. The molecule has 11 heavy (non-hydrogen) atoms. The maximum Gasteiger partial charge on any atom is 0.0820 e. The van der Waals surface area contributed by atoms with Gasteiger partial charge in [0.25, 0.3) is 0 Å². The third-order valence-electron chi connectivity index (χ3n) is 2.37.